The Hall–Kier alpha value is -2.70. The number of rotatable bonds is 7. The Morgan fingerprint density at radius 2 is 2.04 bits per heavy atom. The van der Waals surface area contributed by atoms with Crippen molar-refractivity contribution < 1.29 is 14.3 Å². The third-order valence-corrected chi connectivity index (χ3v) is 3.50. The van der Waals surface area contributed by atoms with E-state index in [0.29, 0.717) is 35.5 Å². The van der Waals surface area contributed by atoms with Gasteiger partial charge in [0.05, 0.1) is 31.5 Å². The number of methoxy groups -OCH3 is 1. The second kappa shape index (κ2) is 7.04. The smallest absolute Gasteiger partial charge is 0.253 e. The van der Waals surface area contributed by atoms with Crippen molar-refractivity contribution in [3.63, 3.8) is 0 Å². The number of pyridine rings is 1. The molecule has 0 aliphatic heterocycles. The van der Waals surface area contributed by atoms with E-state index in [2.05, 4.69) is 20.5 Å². The SMILES string of the molecule is COc1ccc(CNC(=O)c2ccc(OCC3CC3)nc2)nn1. The van der Waals surface area contributed by atoms with Crippen LogP contribution in [0.3, 0.4) is 0 Å². The van der Waals surface area contributed by atoms with Gasteiger partial charge < -0.3 is 14.8 Å². The first kappa shape index (κ1) is 15.2. The van der Waals surface area contributed by atoms with Gasteiger partial charge in [-0.25, -0.2) is 4.98 Å². The van der Waals surface area contributed by atoms with Gasteiger partial charge in [0.15, 0.2) is 0 Å². The molecule has 120 valence electrons. The lowest BCUT2D eigenvalue weighted by Crippen LogP contribution is -2.23. The maximum absolute atomic E-state index is 12.1. The molecule has 2 aromatic rings. The van der Waals surface area contributed by atoms with E-state index >= 15 is 0 Å². The number of amides is 1. The zero-order valence-electron chi connectivity index (χ0n) is 12.9. The van der Waals surface area contributed by atoms with Crippen molar-refractivity contribution in [2.75, 3.05) is 13.7 Å². The van der Waals surface area contributed by atoms with Gasteiger partial charge in [-0.1, -0.05) is 0 Å². The van der Waals surface area contributed by atoms with Crippen LogP contribution in [0.1, 0.15) is 28.9 Å². The Balaban J connectivity index is 1.50. The highest BCUT2D eigenvalue weighted by atomic mass is 16.5. The van der Waals surface area contributed by atoms with Gasteiger partial charge in [-0.3, -0.25) is 4.79 Å². The zero-order chi connectivity index (χ0) is 16.1. The minimum absolute atomic E-state index is 0.219. The van der Waals surface area contributed by atoms with Gasteiger partial charge in [-0.05, 0) is 30.9 Å². The van der Waals surface area contributed by atoms with E-state index in [0.717, 1.165) is 0 Å². The quantitative estimate of drug-likeness (QED) is 0.835. The van der Waals surface area contributed by atoms with Crippen molar-refractivity contribution in [3.8, 4) is 11.8 Å². The third kappa shape index (κ3) is 4.38. The summed E-state index contributed by atoms with van der Waals surface area (Å²) in [7, 11) is 1.52. The van der Waals surface area contributed by atoms with E-state index in [1.807, 2.05) is 0 Å². The number of hydrogen-bond donors (Lipinski definition) is 1. The molecule has 1 aliphatic rings. The van der Waals surface area contributed by atoms with Gasteiger partial charge in [0.1, 0.15) is 0 Å². The molecular weight excluding hydrogens is 296 g/mol. The van der Waals surface area contributed by atoms with Crippen LogP contribution in [-0.4, -0.2) is 34.8 Å². The molecule has 0 atom stereocenters. The van der Waals surface area contributed by atoms with E-state index in [4.69, 9.17) is 9.47 Å². The number of aromatic nitrogens is 3. The fourth-order valence-electron chi connectivity index (χ4n) is 1.91. The summed E-state index contributed by atoms with van der Waals surface area (Å²) in [5.74, 6) is 1.44. The molecule has 0 bridgehead atoms. The maximum Gasteiger partial charge on any atom is 0.253 e. The second-order valence-electron chi connectivity index (χ2n) is 5.39. The predicted octanol–water partition coefficient (Wildman–Crippen LogP) is 1.60. The van der Waals surface area contributed by atoms with E-state index in [-0.39, 0.29) is 12.5 Å². The van der Waals surface area contributed by atoms with Crippen LogP contribution in [0.4, 0.5) is 0 Å². The molecule has 1 aliphatic carbocycles. The average molecular weight is 314 g/mol. The average Bonchev–Trinajstić information content (AvgIpc) is 3.43. The molecule has 1 saturated carbocycles. The van der Waals surface area contributed by atoms with Crippen molar-refractivity contribution in [2.24, 2.45) is 5.92 Å². The first-order valence-corrected chi connectivity index (χ1v) is 7.48. The molecule has 1 amide bonds. The largest absolute Gasteiger partial charge is 0.480 e. The number of nitrogens with one attached hydrogen (secondary N) is 1. The highest BCUT2D eigenvalue weighted by Crippen LogP contribution is 2.29. The Labute approximate surface area is 134 Å². The Kier molecular flexibility index (Phi) is 4.65. The third-order valence-electron chi connectivity index (χ3n) is 3.50. The summed E-state index contributed by atoms with van der Waals surface area (Å²) >= 11 is 0. The predicted molar refractivity (Wildman–Crippen MR) is 82.2 cm³/mol. The minimum Gasteiger partial charge on any atom is -0.480 e. The van der Waals surface area contributed by atoms with Crippen LogP contribution < -0.4 is 14.8 Å². The normalized spacial score (nSPS) is 13.4. The molecule has 0 spiro atoms. The Morgan fingerprint density at radius 3 is 2.65 bits per heavy atom. The first-order chi connectivity index (χ1) is 11.2. The number of ether oxygens (including phenoxy) is 2. The first-order valence-electron chi connectivity index (χ1n) is 7.48. The lowest BCUT2D eigenvalue weighted by atomic mass is 10.2. The molecule has 23 heavy (non-hydrogen) atoms. The molecule has 7 heteroatoms. The van der Waals surface area contributed by atoms with Gasteiger partial charge in [-0.2, -0.15) is 5.10 Å². The molecule has 1 N–H and O–H groups in total. The van der Waals surface area contributed by atoms with Crippen LogP contribution in [0.25, 0.3) is 0 Å². The van der Waals surface area contributed by atoms with Gasteiger partial charge in [0.2, 0.25) is 11.8 Å². The number of nitrogens with zero attached hydrogens (tertiary/aromatic N) is 3. The van der Waals surface area contributed by atoms with Crippen LogP contribution in [0.2, 0.25) is 0 Å². The lowest BCUT2D eigenvalue weighted by Gasteiger charge is -2.06. The molecule has 0 unspecified atom stereocenters. The number of hydrogen-bond acceptors (Lipinski definition) is 6. The van der Waals surface area contributed by atoms with Crippen LogP contribution in [0.5, 0.6) is 11.8 Å². The summed E-state index contributed by atoms with van der Waals surface area (Å²) in [6, 6.07) is 6.86. The number of carbonyl (C=O) groups excluding carboxylic acids is 1. The summed E-state index contributed by atoms with van der Waals surface area (Å²) in [5.41, 5.74) is 1.13. The summed E-state index contributed by atoms with van der Waals surface area (Å²) in [6.45, 7) is 0.991. The number of carbonyl (C=O) groups is 1. The van der Waals surface area contributed by atoms with Crippen molar-refractivity contribution in [2.45, 2.75) is 19.4 Å². The van der Waals surface area contributed by atoms with Crippen molar-refractivity contribution >= 4 is 5.91 Å². The topological polar surface area (TPSA) is 86.2 Å². The van der Waals surface area contributed by atoms with Crippen LogP contribution >= 0.6 is 0 Å². The van der Waals surface area contributed by atoms with E-state index in [1.165, 1.54) is 26.1 Å². The standard InChI is InChI=1S/C16H18N4O3/c1-22-15-7-5-13(19-20-15)9-18-16(21)12-4-6-14(17-8-12)23-10-11-2-3-11/h4-8,11H,2-3,9-10H2,1H3,(H,18,21). The van der Waals surface area contributed by atoms with E-state index in [1.54, 1.807) is 24.3 Å². The summed E-state index contributed by atoms with van der Waals surface area (Å²) < 4.78 is 10.5. The molecule has 2 aromatic heterocycles. The van der Waals surface area contributed by atoms with Gasteiger partial charge in [-0.15, -0.1) is 5.10 Å². The van der Waals surface area contributed by atoms with E-state index in [9.17, 15) is 4.79 Å². The fraction of sp³-hybridized carbons (Fsp3) is 0.375. The molecule has 2 heterocycles. The molecule has 0 saturated heterocycles. The molecular formula is C16H18N4O3. The van der Waals surface area contributed by atoms with E-state index < -0.39 is 0 Å². The molecule has 0 radical (unpaired) electrons. The highest BCUT2D eigenvalue weighted by Gasteiger charge is 2.22. The summed E-state index contributed by atoms with van der Waals surface area (Å²) in [4.78, 5) is 16.2. The van der Waals surface area contributed by atoms with Gasteiger partial charge in [0, 0.05) is 18.3 Å². The van der Waals surface area contributed by atoms with Crippen LogP contribution in [0, 0.1) is 5.92 Å². The second-order valence-corrected chi connectivity index (χ2v) is 5.39. The lowest BCUT2D eigenvalue weighted by molar-refractivity contribution is 0.0950. The van der Waals surface area contributed by atoms with Gasteiger partial charge in [0.25, 0.3) is 5.91 Å². The molecule has 1 fully saturated rings. The van der Waals surface area contributed by atoms with Crippen LogP contribution in [0.15, 0.2) is 30.5 Å². The summed E-state index contributed by atoms with van der Waals surface area (Å²) in [6.07, 6.45) is 3.97. The monoisotopic (exact) mass is 314 g/mol. The van der Waals surface area contributed by atoms with Crippen molar-refractivity contribution in [3.05, 3.63) is 41.7 Å². The minimum atomic E-state index is -0.219. The van der Waals surface area contributed by atoms with Crippen molar-refractivity contribution in [1.29, 1.82) is 0 Å². The molecule has 0 aromatic carbocycles. The fourth-order valence-corrected chi connectivity index (χ4v) is 1.91. The molecule has 7 nitrogen and oxygen atoms in total. The Bertz CT molecular complexity index is 654. The molecule has 3 rings (SSSR count). The maximum atomic E-state index is 12.1. The van der Waals surface area contributed by atoms with Crippen molar-refractivity contribution in [1.82, 2.24) is 20.5 Å². The zero-order valence-corrected chi connectivity index (χ0v) is 12.9. The Morgan fingerprint density at radius 1 is 1.22 bits per heavy atom. The highest BCUT2D eigenvalue weighted by molar-refractivity contribution is 5.93. The van der Waals surface area contributed by atoms with Crippen LogP contribution in [-0.2, 0) is 6.54 Å². The van der Waals surface area contributed by atoms with Gasteiger partial charge >= 0.3 is 0 Å². The summed E-state index contributed by atoms with van der Waals surface area (Å²) in [5, 5.41) is 10.6.